The van der Waals surface area contributed by atoms with Crippen LogP contribution in [0.3, 0.4) is 0 Å². The molecule has 0 radical (unpaired) electrons. The lowest BCUT2D eigenvalue weighted by Crippen LogP contribution is -1.99. The van der Waals surface area contributed by atoms with Crippen molar-refractivity contribution in [2.24, 2.45) is 0 Å². The molecule has 0 saturated heterocycles. The molecule has 0 bridgehead atoms. The zero-order valence-electron chi connectivity index (χ0n) is 7.36. The Morgan fingerprint density at radius 3 is 2.85 bits per heavy atom. The fraction of sp³-hybridized carbons (Fsp3) is 0.100. The van der Waals surface area contributed by atoms with E-state index in [9.17, 15) is 4.79 Å². The van der Waals surface area contributed by atoms with Gasteiger partial charge in [0.2, 0.25) is 0 Å². The molecule has 0 unspecified atom stereocenters. The summed E-state index contributed by atoms with van der Waals surface area (Å²) >= 11 is 0. The maximum Gasteiger partial charge on any atom is 0.339 e. The van der Waals surface area contributed by atoms with E-state index in [4.69, 9.17) is 0 Å². The molecule has 0 aliphatic rings. The van der Waals surface area contributed by atoms with Gasteiger partial charge in [-0.25, -0.2) is 4.79 Å². The average Bonchev–Trinajstić information content (AvgIpc) is 2.29. The van der Waals surface area contributed by atoms with Gasteiger partial charge in [-0.2, -0.15) is 0 Å². The first-order valence-electron chi connectivity index (χ1n) is 3.89. The van der Waals surface area contributed by atoms with Crippen LogP contribution in [-0.2, 0) is 4.74 Å². The molecular weight excluding hydrogens is 166 g/mol. The molecule has 0 fully saturated rings. The summed E-state index contributed by atoms with van der Waals surface area (Å²) in [7, 11) is 1.36. The first-order valence-corrected chi connectivity index (χ1v) is 3.89. The Labute approximate surface area is 76.7 Å². The molecule has 1 heterocycles. The van der Waals surface area contributed by atoms with Crippen molar-refractivity contribution in [2.75, 3.05) is 7.11 Å². The Morgan fingerprint density at radius 1 is 1.31 bits per heavy atom. The molecule has 1 N–H and O–H groups in total. The molecule has 1 rings (SSSR count). The highest BCUT2D eigenvalue weighted by atomic mass is 16.5. The largest absolute Gasteiger partial charge is 0.465 e. The van der Waals surface area contributed by atoms with Crippen molar-refractivity contribution in [3.8, 4) is 0 Å². The molecule has 13 heavy (non-hydrogen) atoms. The van der Waals surface area contributed by atoms with Gasteiger partial charge >= 0.3 is 5.97 Å². The number of methoxy groups -OCH3 is 1. The lowest BCUT2D eigenvalue weighted by atomic mass is 10.3. The number of hydrogen-bond donors (Lipinski definition) is 1. The number of H-pyrrole nitrogens is 1. The maximum absolute atomic E-state index is 11.1. The monoisotopic (exact) mass is 177 g/mol. The smallest absolute Gasteiger partial charge is 0.339 e. The molecular formula is C10H11NO2. The SMILES string of the molecule is COC(=O)c1cccccc[nH]c1. The second kappa shape index (κ2) is 4.98. The Kier molecular flexibility index (Phi) is 3.57. The number of hydrogen-bond acceptors (Lipinski definition) is 2. The van der Waals surface area contributed by atoms with Crippen LogP contribution in [0.4, 0.5) is 0 Å². The van der Waals surface area contributed by atoms with Gasteiger partial charge < -0.3 is 9.72 Å². The zero-order valence-corrected chi connectivity index (χ0v) is 7.36. The Hall–Kier alpha value is -1.77. The first kappa shape index (κ1) is 9.32. The third-order valence-electron chi connectivity index (χ3n) is 1.46. The summed E-state index contributed by atoms with van der Waals surface area (Å²) in [5.74, 6) is -0.354. The number of carbonyl (C=O) groups excluding carboxylic acids is 1. The van der Waals surface area contributed by atoms with Crippen molar-refractivity contribution in [1.29, 1.82) is 0 Å². The van der Waals surface area contributed by atoms with E-state index in [2.05, 4.69) is 9.72 Å². The van der Waals surface area contributed by atoms with Crippen molar-refractivity contribution < 1.29 is 9.53 Å². The van der Waals surface area contributed by atoms with E-state index >= 15 is 0 Å². The van der Waals surface area contributed by atoms with E-state index in [1.807, 2.05) is 18.2 Å². The lowest BCUT2D eigenvalue weighted by Gasteiger charge is -1.93. The highest BCUT2D eigenvalue weighted by Crippen LogP contribution is 1.95. The van der Waals surface area contributed by atoms with E-state index in [1.54, 1.807) is 24.5 Å². The molecule has 3 nitrogen and oxygen atoms in total. The van der Waals surface area contributed by atoms with E-state index in [1.165, 1.54) is 7.11 Å². The molecule has 0 saturated carbocycles. The minimum atomic E-state index is -0.354. The molecule has 0 atom stereocenters. The third kappa shape index (κ3) is 2.99. The van der Waals surface area contributed by atoms with Crippen LogP contribution in [0, 0.1) is 0 Å². The van der Waals surface area contributed by atoms with Crippen LogP contribution in [0.2, 0.25) is 0 Å². The number of aromatic amines is 1. The van der Waals surface area contributed by atoms with E-state index < -0.39 is 0 Å². The van der Waals surface area contributed by atoms with Gasteiger partial charge in [0.1, 0.15) is 0 Å². The molecule has 0 aliphatic heterocycles. The summed E-state index contributed by atoms with van der Waals surface area (Å²) in [4.78, 5) is 14.0. The van der Waals surface area contributed by atoms with Crippen molar-refractivity contribution in [2.45, 2.75) is 0 Å². The van der Waals surface area contributed by atoms with E-state index in [0.717, 1.165) is 0 Å². The van der Waals surface area contributed by atoms with Gasteiger partial charge in [-0.3, -0.25) is 0 Å². The first-order chi connectivity index (χ1) is 6.34. The van der Waals surface area contributed by atoms with Crippen LogP contribution in [-0.4, -0.2) is 18.1 Å². The average molecular weight is 177 g/mol. The number of ether oxygens (including phenoxy) is 1. The van der Waals surface area contributed by atoms with E-state index in [0.29, 0.717) is 5.56 Å². The summed E-state index contributed by atoms with van der Waals surface area (Å²) in [6.45, 7) is 0. The van der Waals surface area contributed by atoms with Gasteiger partial charge in [0.25, 0.3) is 0 Å². The predicted molar refractivity (Wildman–Crippen MR) is 49.8 cm³/mol. The fourth-order valence-electron chi connectivity index (χ4n) is 0.829. The van der Waals surface area contributed by atoms with Crippen LogP contribution in [0.25, 0.3) is 0 Å². The molecule has 3 heteroatoms. The minimum Gasteiger partial charge on any atom is -0.465 e. The normalized spacial score (nSPS) is 8.69. The lowest BCUT2D eigenvalue weighted by molar-refractivity contribution is 0.0600. The van der Waals surface area contributed by atoms with Gasteiger partial charge in [-0.1, -0.05) is 18.2 Å². The predicted octanol–water partition coefficient (Wildman–Crippen LogP) is 1.93. The highest BCUT2D eigenvalue weighted by Gasteiger charge is 2.00. The highest BCUT2D eigenvalue weighted by molar-refractivity contribution is 5.88. The summed E-state index contributed by atoms with van der Waals surface area (Å²) < 4.78 is 4.58. The van der Waals surface area contributed by atoms with Crippen LogP contribution in [0.1, 0.15) is 10.4 Å². The number of esters is 1. The van der Waals surface area contributed by atoms with Gasteiger partial charge in [-0.05, 0) is 12.1 Å². The van der Waals surface area contributed by atoms with Crippen molar-refractivity contribution in [3.05, 3.63) is 48.3 Å². The Balaban J connectivity index is 3.11. The molecule has 1 aromatic heterocycles. The molecule has 1 aromatic rings. The Morgan fingerprint density at radius 2 is 2.08 bits per heavy atom. The number of rotatable bonds is 1. The van der Waals surface area contributed by atoms with Crippen molar-refractivity contribution >= 4 is 5.97 Å². The number of carbonyl (C=O) groups is 1. The van der Waals surface area contributed by atoms with Crippen LogP contribution >= 0.6 is 0 Å². The van der Waals surface area contributed by atoms with Gasteiger partial charge in [-0.15, -0.1) is 0 Å². The summed E-state index contributed by atoms with van der Waals surface area (Å²) in [5, 5.41) is 0. The van der Waals surface area contributed by atoms with Crippen molar-refractivity contribution in [1.82, 2.24) is 4.98 Å². The number of aromatic nitrogens is 1. The quantitative estimate of drug-likeness (QED) is 0.666. The van der Waals surface area contributed by atoms with E-state index in [-0.39, 0.29) is 5.97 Å². The van der Waals surface area contributed by atoms with Crippen LogP contribution in [0.5, 0.6) is 0 Å². The second-order valence-corrected chi connectivity index (χ2v) is 2.36. The van der Waals surface area contributed by atoms with Gasteiger partial charge in [0.05, 0.1) is 12.7 Å². The standard InChI is InChI=1S/C10H11NO2/c1-13-10(12)9-6-4-2-3-5-7-11-8-9/h2-8,11H,1H3. The maximum atomic E-state index is 11.1. The summed E-state index contributed by atoms with van der Waals surface area (Å²) in [6, 6.07) is 8.99. The Bertz CT molecular complexity index is 305. The topological polar surface area (TPSA) is 42.1 Å². The van der Waals surface area contributed by atoms with Gasteiger partial charge in [0, 0.05) is 12.4 Å². The second-order valence-electron chi connectivity index (χ2n) is 2.36. The van der Waals surface area contributed by atoms with Crippen molar-refractivity contribution in [3.63, 3.8) is 0 Å². The zero-order chi connectivity index (χ0) is 9.52. The van der Waals surface area contributed by atoms with Crippen LogP contribution in [0.15, 0.2) is 42.7 Å². The molecule has 0 aromatic carbocycles. The molecule has 0 spiro atoms. The van der Waals surface area contributed by atoms with Crippen LogP contribution < -0.4 is 0 Å². The summed E-state index contributed by atoms with van der Waals surface area (Å²) in [6.07, 6.45) is 3.32. The number of nitrogens with one attached hydrogen (secondary N) is 1. The summed E-state index contributed by atoms with van der Waals surface area (Å²) in [5.41, 5.74) is 0.485. The minimum absolute atomic E-state index is 0.354. The fourth-order valence-corrected chi connectivity index (χ4v) is 0.829. The molecule has 68 valence electrons. The van der Waals surface area contributed by atoms with Gasteiger partial charge in [0.15, 0.2) is 0 Å². The molecule has 0 aliphatic carbocycles. The molecule has 0 amide bonds. The third-order valence-corrected chi connectivity index (χ3v) is 1.46.